The smallest absolute Gasteiger partial charge is 0.318 e. The van der Waals surface area contributed by atoms with Gasteiger partial charge in [0.1, 0.15) is 0 Å². The van der Waals surface area contributed by atoms with Crippen LogP contribution in [0.2, 0.25) is 0 Å². The molecular formula is C25H48O4. The van der Waals surface area contributed by atoms with Crippen LogP contribution in [0.15, 0.2) is 0 Å². The fourth-order valence-electron chi connectivity index (χ4n) is 4.25. The van der Waals surface area contributed by atoms with Crippen LogP contribution in [0.4, 0.5) is 0 Å². The minimum absolute atomic E-state index is 0.249. The largest absolute Gasteiger partial charge is 0.481 e. The molecule has 1 unspecified atom stereocenters. The summed E-state index contributed by atoms with van der Waals surface area (Å²) in [7, 11) is 0. The Morgan fingerprint density at radius 1 is 0.552 bits per heavy atom. The molecule has 29 heavy (non-hydrogen) atoms. The molecular weight excluding hydrogens is 364 g/mol. The van der Waals surface area contributed by atoms with Gasteiger partial charge in [-0.1, -0.05) is 129 Å². The molecule has 0 aromatic heterocycles. The van der Waals surface area contributed by atoms with Gasteiger partial charge in [0, 0.05) is 0 Å². The zero-order chi connectivity index (χ0) is 21.7. The third kappa shape index (κ3) is 16.4. The maximum Gasteiger partial charge on any atom is 0.318 e. The number of unbranched alkanes of at least 4 members (excludes halogenated alkanes) is 16. The first kappa shape index (κ1) is 27.9. The van der Waals surface area contributed by atoms with Gasteiger partial charge in [0.15, 0.2) is 5.92 Å². The average Bonchev–Trinajstić information content (AvgIpc) is 2.68. The van der Waals surface area contributed by atoms with Gasteiger partial charge >= 0.3 is 11.9 Å². The number of rotatable bonds is 22. The zero-order valence-electron chi connectivity index (χ0n) is 19.3. The number of carbonyl (C=O) groups is 2. The van der Waals surface area contributed by atoms with E-state index >= 15 is 0 Å². The molecule has 0 fully saturated rings. The molecule has 0 bridgehead atoms. The first-order valence-electron chi connectivity index (χ1n) is 12.5. The van der Waals surface area contributed by atoms with Gasteiger partial charge in [0.25, 0.3) is 0 Å². The van der Waals surface area contributed by atoms with Crippen molar-refractivity contribution in [1.29, 1.82) is 0 Å². The van der Waals surface area contributed by atoms with E-state index in [0.717, 1.165) is 12.8 Å². The predicted octanol–water partition coefficient (Wildman–Crippen LogP) is 7.84. The van der Waals surface area contributed by atoms with E-state index in [0.29, 0.717) is 12.8 Å². The second-order valence-corrected chi connectivity index (χ2v) is 8.77. The number of hydrogen-bond donors (Lipinski definition) is 2. The van der Waals surface area contributed by atoms with Crippen molar-refractivity contribution in [2.45, 2.75) is 136 Å². The Hall–Kier alpha value is -1.06. The van der Waals surface area contributed by atoms with E-state index in [1.807, 2.05) is 6.92 Å². The van der Waals surface area contributed by atoms with Crippen molar-refractivity contribution in [2.24, 2.45) is 11.8 Å². The molecule has 0 radical (unpaired) electrons. The van der Waals surface area contributed by atoms with E-state index in [2.05, 4.69) is 6.92 Å². The van der Waals surface area contributed by atoms with Crippen LogP contribution in [0.5, 0.6) is 0 Å². The fourth-order valence-corrected chi connectivity index (χ4v) is 4.25. The van der Waals surface area contributed by atoms with Crippen molar-refractivity contribution >= 4 is 11.9 Å². The Morgan fingerprint density at radius 3 is 1.14 bits per heavy atom. The molecule has 4 heteroatoms. The maximum atomic E-state index is 11.1. The number of carboxylic acids is 2. The molecule has 0 spiro atoms. The van der Waals surface area contributed by atoms with Crippen LogP contribution in [0, 0.1) is 11.8 Å². The fraction of sp³-hybridized carbons (Fsp3) is 0.920. The van der Waals surface area contributed by atoms with Gasteiger partial charge in [-0.2, -0.15) is 0 Å². The topological polar surface area (TPSA) is 74.6 Å². The SMILES string of the molecule is CCCCCCCCCCCCCCCCCCCC(CC)C(C(=O)O)C(=O)O. The first-order valence-corrected chi connectivity index (χ1v) is 12.5. The molecule has 0 rings (SSSR count). The molecule has 0 heterocycles. The van der Waals surface area contributed by atoms with Gasteiger partial charge in [0.2, 0.25) is 0 Å². The van der Waals surface area contributed by atoms with E-state index in [-0.39, 0.29) is 5.92 Å². The predicted molar refractivity (Wildman–Crippen MR) is 121 cm³/mol. The van der Waals surface area contributed by atoms with Gasteiger partial charge in [0.05, 0.1) is 0 Å². The molecule has 0 aliphatic rings. The third-order valence-electron chi connectivity index (χ3n) is 6.21. The van der Waals surface area contributed by atoms with Crippen molar-refractivity contribution in [2.75, 3.05) is 0 Å². The highest BCUT2D eigenvalue weighted by Gasteiger charge is 2.33. The van der Waals surface area contributed by atoms with Gasteiger partial charge in [-0.25, -0.2) is 0 Å². The van der Waals surface area contributed by atoms with Crippen LogP contribution in [0.25, 0.3) is 0 Å². The van der Waals surface area contributed by atoms with E-state index in [4.69, 9.17) is 10.2 Å². The van der Waals surface area contributed by atoms with Crippen LogP contribution in [0.1, 0.15) is 136 Å². The standard InChI is InChI=1S/C25H48O4/c1-3-5-6-7-8-9-10-11-12-13-14-15-16-17-18-19-20-21-22(4-2)23(24(26)27)25(28)29/h22-23H,3-21H2,1-2H3,(H,26,27)(H,28,29). The molecule has 0 aromatic carbocycles. The van der Waals surface area contributed by atoms with Crippen LogP contribution in [-0.4, -0.2) is 22.2 Å². The lowest BCUT2D eigenvalue weighted by Crippen LogP contribution is -2.31. The molecule has 0 amide bonds. The maximum absolute atomic E-state index is 11.1. The first-order chi connectivity index (χ1) is 14.0. The van der Waals surface area contributed by atoms with Gasteiger partial charge in [-0.3, -0.25) is 9.59 Å². The summed E-state index contributed by atoms with van der Waals surface area (Å²) >= 11 is 0. The summed E-state index contributed by atoms with van der Waals surface area (Å²) in [6.07, 6.45) is 23.7. The van der Waals surface area contributed by atoms with E-state index in [1.54, 1.807) is 0 Å². The minimum Gasteiger partial charge on any atom is -0.481 e. The summed E-state index contributed by atoms with van der Waals surface area (Å²) in [5.41, 5.74) is 0. The van der Waals surface area contributed by atoms with Crippen molar-refractivity contribution in [3.05, 3.63) is 0 Å². The lowest BCUT2D eigenvalue weighted by molar-refractivity contribution is -0.157. The van der Waals surface area contributed by atoms with E-state index < -0.39 is 17.9 Å². The van der Waals surface area contributed by atoms with Gasteiger partial charge < -0.3 is 10.2 Å². The summed E-state index contributed by atoms with van der Waals surface area (Å²) in [6.45, 7) is 4.15. The van der Waals surface area contributed by atoms with Crippen LogP contribution in [0.3, 0.4) is 0 Å². The Labute approximate surface area is 179 Å². The molecule has 4 nitrogen and oxygen atoms in total. The molecule has 0 saturated carbocycles. The Morgan fingerprint density at radius 2 is 0.862 bits per heavy atom. The van der Waals surface area contributed by atoms with Crippen LogP contribution >= 0.6 is 0 Å². The lowest BCUT2D eigenvalue weighted by Gasteiger charge is -2.19. The normalized spacial score (nSPS) is 12.4. The van der Waals surface area contributed by atoms with Crippen molar-refractivity contribution in [3.8, 4) is 0 Å². The second-order valence-electron chi connectivity index (χ2n) is 8.77. The molecule has 0 aliphatic carbocycles. The molecule has 1 atom stereocenters. The van der Waals surface area contributed by atoms with Crippen LogP contribution in [-0.2, 0) is 9.59 Å². The van der Waals surface area contributed by atoms with Crippen molar-refractivity contribution < 1.29 is 19.8 Å². The van der Waals surface area contributed by atoms with Gasteiger partial charge in [-0.05, 0) is 12.3 Å². The van der Waals surface area contributed by atoms with Crippen LogP contribution < -0.4 is 0 Å². The molecule has 0 aliphatic heterocycles. The molecule has 2 N–H and O–H groups in total. The van der Waals surface area contributed by atoms with E-state index in [9.17, 15) is 9.59 Å². The highest BCUT2D eigenvalue weighted by Crippen LogP contribution is 2.24. The summed E-state index contributed by atoms with van der Waals surface area (Å²) in [5, 5.41) is 18.2. The summed E-state index contributed by atoms with van der Waals surface area (Å²) < 4.78 is 0. The molecule has 0 aromatic rings. The van der Waals surface area contributed by atoms with E-state index in [1.165, 1.54) is 96.3 Å². The highest BCUT2D eigenvalue weighted by atomic mass is 16.4. The Bertz CT molecular complexity index is 380. The summed E-state index contributed by atoms with van der Waals surface area (Å²) in [6, 6.07) is 0. The van der Waals surface area contributed by atoms with Crippen molar-refractivity contribution in [1.82, 2.24) is 0 Å². The zero-order valence-corrected chi connectivity index (χ0v) is 19.3. The highest BCUT2D eigenvalue weighted by molar-refractivity contribution is 5.93. The number of hydrogen-bond acceptors (Lipinski definition) is 2. The third-order valence-corrected chi connectivity index (χ3v) is 6.21. The minimum atomic E-state index is -1.25. The number of aliphatic carboxylic acids is 2. The summed E-state index contributed by atoms with van der Waals surface area (Å²) in [5.74, 6) is -3.89. The summed E-state index contributed by atoms with van der Waals surface area (Å²) in [4.78, 5) is 22.3. The average molecular weight is 413 g/mol. The molecule has 0 saturated heterocycles. The van der Waals surface area contributed by atoms with Gasteiger partial charge in [-0.15, -0.1) is 0 Å². The second kappa shape index (κ2) is 20.2. The number of carboxylic acid groups (broad SMARTS) is 2. The Balaban J connectivity index is 3.42. The van der Waals surface area contributed by atoms with Crippen molar-refractivity contribution in [3.63, 3.8) is 0 Å². The quantitative estimate of drug-likeness (QED) is 0.140. The monoisotopic (exact) mass is 412 g/mol. The lowest BCUT2D eigenvalue weighted by atomic mass is 9.85. The molecule has 172 valence electrons. The Kier molecular flexibility index (Phi) is 19.5.